The van der Waals surface area contributed by atoms with E-state index in [9.17, 15) is 0 Å². The van der Waals surface area contributed by atoms with Crippen LogP contribution in [-0.4, -0.2) is 0 Å². The van der Waals surface area contributed by atoms with Gasteiger partial charge < -0.3 is 8.83 Å². The van der Waals surface area contributed by atoms with E-state index >= 15 is 0 Å². The van der Waals surface area contributed by atoms with Gasteiger partial charge in [0.25, 0.3) is 0 Å². The topological polar surface area (TPSA) is 26.3 Å². The van der Waals surface area contributed by atoms with Gasteiger partial charge in [0, 0.05) is 33.0 Å². The summed E-state index contributed by atoms with van der Waals surface area (Å²) in [6, 6.07) is 75.0. The minimum atomic E-state index is 0.837. The van der Waals surface area contributed by atoms with Gasteiger partial charge in [-0.15, -0.1) is 0 Å². The molecule has 0 N–H and O–H groups in total. The second-order valence-corrected chi connectivity index (χ2v) is 16.8. The molecule has 0 aliphatic carbocycles. The fourth-order valence-corrected chi connectivity index (χ4v) is 10.4. The summed E-state index contributed by atoms with van der Waals surface area (Å²) in [6.07, 6.45) is 0. The largest absolute Gasteiger partial charge is 0.455 e. The molecule has 0 spiro atoms. The second kappa shape index (κ2) is 12.7. The normalized spacial score (nSPS) is 12.2. The highest BCUT2D eigenvalue weighted by molar-refractivity contribution is 6.29. The molecular weight excluding hydrogens is 753 g/mol. The van der Waals surface area contributed by atoms with E-state index in [1.807, 2.05) is 0 Å². The maximum atomic E-state index is 7.35. The van der Waals surface area contributed by atoms with Crippen molar-refractivity contribution in [3.63, 3.8) is 0 Å². The molecule has 0 amide bonds. The van der Waals surface area contributed by atoms with E-state index in [1.54, 1.807) is 0 Å². The zero-order valence-electron chi connectivity index (χ0n) is 33.4. The Hall–Kier alpha value is -8.20. The maximum absolute atomic E-state index is 7.35. The molecule has 0 bridgehead atoms. The zero-order chi connectivity index (χ0) is 40.5. The van der Waals surface area contributed by atoms with Gasteiger partial charge in [0.1, 0.15) is 22.3 Å². The monoisotopic (exact) mass is 786 g/mol. The van der Waals surface area contributed by atoms with Crippen molar-refractivity contribution < 1.29 is 8.83 Å². The fourth-order valence-electron chi connectivity index (χ4n) is 10.4. The van der Waals surface area contributed by atoms with Gasteiger partial charge in [-0.05, 0) is 148 Å². The van der Waals surface area contributed by atoms with Gasteiger partial charge in [0.05, 0.1) is 0 Å². The molecule has 0 saturated heterocycles. The molecule has 12 aromatic rings. The molecule has 0 saturated carbocycles. The number of hydrogen-bond donors (Lipinski definition) is 0. The van der Waals surface area contributed by atoms with Gasteiger partial charge in [-0.3, -0.25) is 0 Å². The number of hydrogen-bond acceptors (Lipinski definition) is 2. The molecule has 2 heterocycles. The average Bonchev–Trinajstić information content (AvgIpc) is 3.34. The standard InChI is InChI=1S/C60H34O2/c1-5-13-39-29-43(21-17-35(39)9-1)49-33-51(45-23-19-37-11-3-7-15-41(37)31-45)59-55-47(49)25-27-53-57(55)58-54(61-59)28-26-48-50(44-22-18-36-10-2-6-14-40(36)30-44)34-52(60(62-53)56(48)58)46-24-20-38-12-4-8-16-42(38)32-46/h1-34H. The lowest BCUT2D eigenvalue weighted by Crippen LogP contribution is -1.99. The van der Waals surface area contributed by atoms with Gasteiger partial charge in [-0.2, -0.15) is 0 Å². The van der Waals surface area contributed by atoms with Crippen LogP contribution in [0.2, 0.25) is 0 Å². The van der Waals surface area contributed by atoms with Crippen molar-refractivity contribution in [2.24, 2.45) is 0 Å². The lowest BCUT2D eigenvalue weighted by Gasteiger charge is -2.24. The Kier molecular flexibility index (Phi) is 6.86. The molecule has 0 aromatic heterocycles. The van der Waals surface area contributed by atoms with E-state index in [0.29, 0.717) is 0 Å². The zero-order valence-corrected chi connectivity index (χ0v) is 33.4. The SMILES string of the molecule is c1ccc2cc(-c3cc(-c4ccc5ccccc5c4)c4oc5ccc6c(-c7ccc8ccccc8c7)cc(-c7ccc8ccccc8c7)c7oc8ccc3c4c8-c5c67)ccc2c1. The lowest BCUT2D eigenvalue weighted by atomic mass is 9.83. The quantitative estimate of drug-likeness (QED) is 0.131. The van der Waals surface area contributed by atoms with E-state index in [1.165, 1.54) is 43.1 Å². The van der Waals surface area contributed by atoms with Gasteiger partial charge in [-0.1, -0.05) is 146 Å². The molecule has 2 aliphatic rings. The van der Waals surface area contributed by atoms with Crippen LogP contribution in [-0.2, 0) is 0 Å². The van der Waals surface area contributed by atoms with Crippen molar-refractivity contribution in [3.05, 3.63) is 206 Å². The van der Waals surface area contributed by atoms with Crippen molar-refractivity contribution in [2.45, 2.75) is 0 Å². The van der Waals surface area contributed by atoms with Crippen LogP contribution in [0, 0.1) is 0 Å². The van der Waals surface area contributed by atoms with E-state index in [4.69, 9.17) is 8.83 Å². The Balaban J connectivity index is 1.13. The Morgan fingerprint density at radius 2 is 0.548 bits per heavy atom. The van der Waals surface area contributed by atoms with Gasteiger partial charge in [0.2, 0.25) is 0 Å². The molecule has 62 heavy (non-hydrogen) atoms. The Bertz CT molecular complexity index is 3840. The Morgan fingerprint density at radius 3 is 0.887 bits per heavy atom. The third-order valence-electron chi connectivity index (χ3n) is 13.4. The molecule has 0 unspecified atom stereocenters. The summed E-state index contributed by atoms with van der Waals surface area (Å²) in [4.78, 5) is 0. The molecule has 0 fully saturated rings. The highest BCUT2D eigenvalue weighted by Gasteiger charge is 2.30. The molecule has 14 rings (SSSR count). The molecule has 2 nitrogen and oxygen atoms in total. The molecule has 0 atom stereocenters. The number of benzene rings is 12. The van der Waals surface area contributed by atoms with Crippen LogP contribution in [0.1, 0.15) is 0 Å². The summed E-state index contributed by atoms with van der Waals surface area (Å²) < 4.78 is 14.7. The number of fused-ring (bicyclic) bond motifs is 4. The second-order valence-electron chi connectivity index (χ2n) is 16.8. The van der Waals surface area contributed by atoms with Crippen LogP contribution < -0.4 is 0 Å². The molecule has 0 radical (unpaired) electrons. The van der Waals surface area contributed by atoms with Crippen molar-refractivity contribution >= 4 is 87.0 Å². The maximum Gasteiger partial charge on any atom is 0.143 e. The molecular formula is C60H34O2. The molecule has 2 aliphatic heterocycles. The smallest absolute Gasteiger partial charge is 0.143 e. The van der Waals surface area contributed by atoms with Gasteiger partial charge >= 0.3 is 0 Å². The van der Waals surface area contributed by atoms with Crippen LogP contribution in [0.25, 0.3) is 143 Å². The highest BCUT2D eigenvalue weighted by Crippen LogP contribution is 2.54. The first-order chi connectivity index (χ1) is 30.7. The van der Waals surface area contributed by atoms with Crippen LogP contribution in [0.3, 0.4) is 0 Å². The van der Waals surface area contributed by atoms with Crippen molar-refractivity contribution in [1.82, 2.24) is 0 Å². The summed E-state index contributed by atoms with van der Waals surface area (Å²) in [7, 11) is 0. The van der Waals surface area contributed by atoms with Crippen molar-refractivity contribution in [3.8, 4) is 55.6 Å². The Morgan fingerprint density at radius 1 is 0.242 bits per heavy atom. The predicted molar refractivity (Wildman–Crippen MR) is 261 cm³/mol. The van der Waals surface area contributed by atoms with Gasteiger partial charge in [-0.25, -0.2) is 0 Å². The lowest BCUT2D eigenvalue weighted by molar-refractivity contribution is 0.647. The van der Waals surface area contributed by atoms with Crippen LogP contribution >= 0.6 is 0 Å². The molecule has 12 aromatic carbocycles. The summed E-state index contributed by atoms with van der Waals surface area (Å²) >= 11 is 0. The van der Waals surface area contributed by atoms with Crippen molar-refractivity contribution in [1.29, 1.82) is 0 Å². The number of rotatable bonds is 4. The van der Waals surface area contributed by atoms with E-state index in [0.717, 1.165) is 99.5 Å². The van der Waals surface area contributed by atoms with Crippen molar-refractivity contribution in [2.75, 3.05) is 0 Å². The molecule has 286 valence electrons. The van der Waals surface area contributed by atoms with Crippen LogP contribution in [0.5, 0.6) is 0 Å². The molecule has 2 heteroatoms. The third-order valence-corrected chi connectivity index (χ3v) is 13.4. The summed E-state index contributed by atoms with van der Waals surface area (Å²) in [6.45, 7) is 0. The van der Waals surface area contributed by atoms with Crippen LogP contribution in [0.4, 0.5) is 0 Å². The first-order valence-electron chi connectivity index (χ1n) is 21.3. The third kappa shape index (κ3) is 4.86. The minimum Gasteiger partial charge on any atom is -0.455 e. The average molecular weight is 787 g/mol. The fraction of sp³-hybridized carbons (Fsp3) is 0. The summed E-state index contributed by atoms with van der Waals surface area (Å²) in [5.41, 5.74) is 14.5. The minimum absolute atomic E-state index is 0.837. The van der Waals surface area contributed by atoms with Gasteiger partial charge in [0.15, 0.2) is 0 Å². The first kappa shape index (κ1) is 33.6. The first-order valence-corrected chi connectivity index (χ1v) is 21.3. The highest BCUT2D eigenvalue weighted by atomic mass is 16.3. The van der Waals surface area contributed by atoms with E-state index in [2.05, 4.69) is 206 Å². The predicted octanol–water partition coefficient (Wildman–Crippen LogP) is 17.3. The van der Waals surface area contributed by atoms with Crippen LogP contribution in [0.15, 0.2) is 215 Å². The summed E-state index contributed by atoms with van der Waals surface area (Å²) in [5, 5.41) is 14.1. The van der Waals surface area contributed by atoms with E-state index < -0.39 is 0 Å². The van der Waals surface area contributed by atoms with E-state index in [-0.39, 0.29) is 0 Å². The summed E-state index contributed by atoms with van der Waals surface area (Å²) in [5.74, 6) is 0. The Labute approximate surface area is 356 Å².